The first-order chi connectivity index (χ1) is 5.89. The van der Waals surface area contributed by atoms with Crippen molar-refractivity contribution in [1.29, 1.82) is 0 Å². The molecule has 0 aromatic carbocycles. The van der Waals surface area contributed by atoms with Crippen LogP contribution in [0.3, 0.4) is 0 Å². The van der Waals surface area contributed by atoms with Crippen molar-refractivity contribution in [3.05, 3.63) is 10.4 Å². The van der Waals surface area contributed by atoms with Gasteiger partial charge in [-0.05, 0) is 6.92 Å². The number of alkyl halides is 3. The maximum atomic E-state index is 11.6. The minimum atomic E-state index is -4.97. The summed E-state index contributed by atoms with van der Waals surface area (Å²) in [5, 5.41) is 1.77. The van der Waals surface area contributed by atoms with Crippen molar-refractivity contribution in [3.8, 4) is 5.88 Å². The third-order valence-electron chi connectivity index (χ3n) is 1.03. The van der Waals surface area contributed by atoms with Gasteiger partial charge in [0.05, 0.1) is 10.4 Å². The maximum Gasteiger partial charge on any atom is 0.491 e. The lowest BCUT2D eigenvalue weighted by Crippen LogP contribution is -2.28. The molecule has 0 fully saturated rings. The van der Waals surface area contributed by atoms with Crippen molar-refractivity contribution in [2.75, 3.05) is 0 Å². The molecule has 0 saturated carbocycles. The van der Waals surface area contributed by atoms with Gasteiger partial charge in [0, 0.05) is 0 Å². The van der Waals surface area contributed by atoms with Crippen LogP contribution in [-0.2, 0) is 4.79 Å². The first kappa shape index (κ1) is 9.97. The molecule has 0 unspecified atom stereocenters. The Bertz CT molecular complexity index is 320. The average molecular weight is 211 g/mol. The topological polar surface area (TPSA) is 39.2 Å². The molecule has 0 aliphatic carbocycles. The van der Waals surface area contributed by atoms with Crippen molar-refractivity contribution in [2.45, 2.75) is 13.1 Å². The van der Waals surface area contributed by atoms with Gasteiger partial charge in [0.2, 0.25) is 5.88 Å². The largest absolute Gasteiger partial charge is 0.491 e. The third-order valence-corrected chi connectivity index (χ3v) is 1.78. The SMILES string of the molecule is Cc1nc(OC(=O)C(F)(F)F)cs1. The highest BCUT2D eigenvalue weighted by Gasteiger charge is 2.41. The first-order valence-corrected chi connectivity index (χ1v) is 3.98. The van der Waals surface area contributed by atoms with Gasteiger partial charge in [-0.15, -0.1) is 11.3 Å². The van der Waals surface area contributed by atoms with Crippen molar-refractivity contribution in [2.24, 2.45) is 0 Å². The molecule has 72 valence electrons. The van der Waals surface area contributed by atoms with Crippen LogP contribution in [0.4, 0.5) is 13.2 Å². The normalized spacial score (nSPS) is 11.4. The Morgan fingerprint density at radius 1 is 1.62 bits per heavy atom. The Kier molecular flexibility index (Phi) is 2.55. The predicted octanol–water partition coefficient (Wildman–Crippen LogP) is 1.92. The highest BCUT2D eigenvalue weighted by molar-refractivity contribution is 7.09. The van der Waals surface area contributed by atoms with Crippen molar-refractivity contribution in [3.63, 3.8) is 0 Å². The van der Waals surface area contributed by atoms with Gasteiger partial charge < -0.3 is 4.74 Å². The summed E-state index contributed by atoms with van der Waals surface area (Å²) in [6, 6.07) is 0. The second kappa shape index (κ2) is 3.33. The number of rotatable bonds is 1. The van der Waals surface area contributed by atoms with Crippen LogP contribution >= 0.6 is 11.3 Å². The molecule has 0 aliphatic heterocycles. The van der Waals surface area contributed by atoms with Crippen LogP contribution in [0.5, 0.6) is 5.88 Å². The zero-order valence-electron chi connectivity index (χ0n) is 6.38. The Labute approximate surface area is 75.2 Å². The van der Waals surface area contributed by atoms with E-state index in [1.165, 1.54) is 5.38 Å². The summed E-state index contributed by atoms with van der Waals surface area (Å²) in [6.07, 6.45) is -4.97. The summed E-state index contributed by atoms with van der Waals surface area (Å²) in [6.45, 7) is 1.59. The number of nitrogens with zero attached hydrogens (tertiary/aromatic N) is 1. The molecule has 1 aromatic heterocycles. The summed E-state index contributed by atoms with van der Waals surface area (Å²) in [4.78, 5) is 13.8. The minimum Gasteiger partial charge on any atom is -0.400 e. The summed E-state index contributed by atoms with van der Waals surface area (Å²) in [5.74, 6) is -2.57. The lowest BCUT2D eigenvalue weighted by atomic mass is 10.6. The maximum absolute atomic E-state index is 11.6. The molecule has 13 heavy (non-hydrogen) atoms. The fraction of sp³-hybridized carbons (Fsp3) is 0.333. The standard InChI is InChI=1S/C6H4F3NO2S/c1-3-10-4(2-13-3)12-5(11)6(7,8)9/h2H,1H3. The molecule has 0 radical (unpaired) electrons. The number of hydrogen-bond donors (Lipinski definition) is 0. The van der Waals surface area contributed by atoms with E-state index < -0.39 is 12.1 Å². The lowest BCUT2D eigenvalue weighted by molar-refractivity contribution is -0.189. The number of hydrogen-bond acceptors (Lipinski definition) is 4. The molecule has 7 heteroatoms. The van der Waals surface area contributed by atoms with Crippen molar-refractivity contribution >= 4 is 17.3 Å². The summed E-state index contributed by atoms with van der Waals surface area (Å²) in [7, 11) is 0. The monoisotopic (exact) mass is 211 g/mol. The van der Waals surface area contributed by atoms with E-state index in [0.29, 0.717) is 5.01 Å². The van der Waals surface area contributed by atoms with Gasteiger partial charge >= 0.3 is 12.1 Å². The second-order valence-corrected chi connectivity index (χ2v) is 3.15. The van der Waals surface area contributed by atoms with Gasteiger partial charge in [-0.3, -0.25) is 0 Å². The Morgan fingerprint density at radius 3 is 2.62 bits per heavy atom. The fourth-order valence-electron chi connectivity index (χ4n) is 0.543. The quantitative estimate of drug-likeness (QED) is 0.666. The van der Waals surface area contributed by atoms with Crippen LogP contribution in [0.25, 0.3) is 0 Å². The van der Waals surface area contributed by atoms with Crippen molar-refractivity contribution in [1.82, 2.24) is 4.98 Å². The third kappa shape index (κ3) is 2.69. The van der Waals surface area contributed by atoms with Crippen molar-refractivity contribution < 1.29 is 22.7 Å². The number of aromatic nitrogens is 1. The molecule has 1 rings (SSSR count). The predicted molar refractivity (Wildman–Crippen MR) is 38.5 cm³/mol. The highest BCUT2D eigenvalue weighted by atomic mass is 32.1. The number of ether oxygens (including phenoxy) is 1. The summed E-state index contributed by atoms with van der Waals surface area (Å²) >= 11 is 1.10. The molecular formula is C6H4F3NO2S. The van der Waals surface area contributed by atoms with Crippen LogP contribution < -0.4 is 4.74 Å². The Hall–Kier alpha value is -1.11. The van der Waals surface area contributed by atoms with E-state index in [0.717, 1.165) is 11.3 Å². The number of carbonyl (C=O) groups excluding carboxylic acids is 1. The van der Waals surface area contributed by atoms with Gasteiger partial charge in [0.15, 0.2) is 0 Å². The molecule has 0 saturated heterocycles. The van der Waals surface area contributed by atoms with Gasteiger partial charge in [-0.1, -0.05) is 0 Å². The van der Waals surface area contributed by atoms with Crippen LogP contribution in [0.15, 0.2) is 5.38 Å². The molecule has 1 aromatic rings. The van der Waals surface area contributed by atoms with Gasteiger partial charge in [-0.25, -0.2) is 9.78 Å². The van der Waals surface area contributed by atoms with E-state index in [-0.39, 0.29) is 5.88 Å². The molecule has 1 heterocycles. The van der Waals surface area contributed by atoms with Gasteiger partial charge in [0.25, 0.3) is 0 Å². The molecule has 0 atom stereocenters. The Balaban J connectivity index is 2.65. The van der Waals surface area contributed by atoms with Crippen LogP contribution in [-0.4, -0.2) is 17.1 Å². The molecule has 0 N–H and O–H groups in total. The first-order valence-electron chi connectivity index (χ1n) is 3.11. The zero-order valence-corrected chi connectivity index (χ0v) is 7.20. The van der Waals surface area contributed by atoms with Crippen LogP contribution in [0.1, 0.15) is 5.01 Å². The van der Waals surface area contributed by atoms with E-state index in [4.69, 9.17) is 0 Å². The molecule has 0 aliphatic rings. The highest BCUT2D eigenvalue weighted by Crippen LogP contribution is 2.21. The lowest BCUT2D eigenvalue weighted by Gasteiger charge is -2.02. The average Bonchev–Trinajstić information content (AvgIpc) is 2.33. The van der Waals surface area contributed by atoms with E-state index >= 15 is 0 Å². The second-order valence-electron chi connectivity index (χ2n) is 2.09. The number of halogens is 3. The Morgan fingerprint density at radius 2 is 2.23 bits per heavy atom. The smallest absolute Gasteiger partial charge is 0.400 e. The van der Waals surface area contributed by atoms with E-state index in [1.54, 1.807) is 6.92 Å². The number of aryl methyl sites for hydroxylation is 1. The summed E-state index contributed by atoms with van der Waals surface area (Å²) < 4.78 is 38.9. The summed E-state index contributed by atoms with van der Waals surface area (Å²) in [5.41, 5.74) is 0. The minimum absolute atomic E-state index is 0.315. The molecule has 0 bridgehead atoms. The van der Waals surface area contributed by atoms with Crippen LogP contribution in [0, 0.1) is 6.92 Å². The van der Waals surface area contributed by atoms with E-state index in [2.05, 4.69) is 9.72 Å². The number of thiazole rings is 1. The van der Waals surface area contributed by atoms with Gasteiger partial charge in [0.1, 0.15) is 0 Å². The molecule has 3 nitrogen and oxygen atoms in total. The number of esters is 1. The van der Waals surface area contributed by atoms with Crippen LogP contribution in [0.2, 0.25) is 0 Å². The number of carbonyl (C=O) groups is 1. The molecule has 0 spiro atoms. The zero-order chi connectivity index (χ0) is 10.1. The molecule has 0 amide bonds. The molecular weight excluding hydrogens is 207 g/mol. The van der Waals surface area contributed by atoms with E-state index in [9.17, 15) is 18.0 Å². The van der Waals surface area contributed by atoms with E-state index in [1.807, 2.05) is 0 Å². The van der Waals surface area contributed by atoms with Gasteiger partial charge in [-0.2, -0.15) is 13.2 Å². The fourth-order valence-corrected chi connectivity index (χ4v) is 1.06.